The maximum Gasteiger partial charge on any atom is 0.180 e. The van der Waals surface area contributed by atoms with Gasteiger partial charge in [-0.05, 0) is 0 Å². The molecule has 0 bridgehead atoms. The molecule has 0 saturated heterocycles. The summed E-state index contributed by atoms with van der Waals surface area (Å²) in [6, 6.07) is 0. The summed E-state index contributed by atoms with van der Waals surface area (Å²) in [6.07, 6.45) is 0.829. The van der Waals surface area contributed by atoms with E-state index in [1.54, 1.807) is 0 Å². The molecule has 12 heavy (non-hydrogen) atoms. The van der Waals surface area contributed by atoms with E-state index in [0.29, 0.717) is 18.9 Å². The summed E-state index contributed by atoms with van der Waals surface area (Å²) in [5.41, 5.74) is 2.52. The molecule has 2 heterocycles. The average molecular weight is 166 g/mol. The fourth-order valence-electron chi connectivity index (χ4n) is 1.40. The molecule has 1 aromatic heterocycles. The fraction of sp³-hybridized carbons (Fsp3) is 0.500. The first-order valence-electron chi connectivity index (χ1n) is 3.94. The maximum atomic E-state index is 11.0. The molecule has 1 aliphatic heterocycles. The Morgan fingerprint density at radius 3 is 3.25 bits per heavy atom. The molecule has 0 aliphatic carbocycles. The van der Waals surface area contributed by atoms with E-state index in [2.05, 4.69) is 10.2 Å². The van der Waals surface area contributed by atoms with E-state index in [-0.39, 0.29) is 5.78 Å². The molecule has 64 valence electrons. The van der Waals surface area contributed by atoms with Gasteiger partial charge in [-0.15, -0.1) is 0 Å². The van der Waals surface area contributed by atoms with Crippen LogP contribution < -0.4 is 0 Å². The van der Waals surface area contributed by atoms with Crippen LogP contribution in [0.3, 0.4) is 0 Å². The van der Waals surface area contributed by atoms with Crippen LogP contribution in [0.4, 0.5) is 0 Å². The number of carbonyl (C=O) groups is 1. The Balaban J connectivity index is 2.44. The van der Waals surface area contributed by atoms with Crippen molar-refractivity contribution in [2.24, 2.45) is 0 Å². The molecule has 1 aliphatic rings. The minimum absolute atomic E-state index is 0.00185. The highest BCUT2D eigenvalue weighted by Crippen LogP contribution is 2.17. The third-order valence-corrected chi connectivity index (χ3v) is 2.03. The number of aromatic amines is 1. The number of hydrogen-bond acceptors (Lipinski definition) is 3. The van der Waals surface area contributed by atoms with Gasteiger partial charge in [0.1, 0.15) is 5.69 Å². The highest BCUT2D eigenvalue weighted by molar-refractivity contribution is 5.93. The Morgan fingerprint density at radius 1 is 1.67 bits per heavy atom. The third-order valence-electron chi connectivity index (χ3n) is 2.03. The van der Waals surface area contributed by atoms with Gasteiger partial charge in [0.05, 0.1) is 13.2 Å². The summed E-state index contributed by atoms with van der Waals surface area (Å²) >= 11 is 0. The van der Waals surface area contributed by atoms with Crippen LogP contribution in [0.15, 0.2) is 0 Å². The van der Waals surface area contributed by atoms with Crippen LogP contribution in [-0.2, 0) is 17.8 Å². The van der Waals surface area contributed by atoms with Crippen molar-refractivity contribution in [3.8, 4) is 0 Å². The maximum absolute atomic E-state index is 11.0. The molecule has 1 aromatic rings. The standard InChI is InChI=1S/C8H10N2O2/c1-5(11)8-6-4-12-3-2-7(6)9-10-8/h2-4H2,1H3,(H,9,10). The Hall–Kier alpha value is -1.16. The van der Waals surface area contributed by atoms with Gasteiger partial charge in [-0.2, -0.15) is 5.10 Å². The molecule has 0 radical (unpaired) electrons. The second kappa shape index (κ2) is 2.71. The number of rotatable bonds is 1. The summed E-state index contributed by atoms with van der Waals surface area (Å²) in [5.74, 6) is -0.00185. The minimum atomic E-state index is -0.00185. The molecule has 0 amide bonds. The quantitative estimate of drug-likeness (QED) is 0.624. The summed E-state index contributed by atoms with van der Waals surface area (Å²) in [5, 5.41) is 6.80. The number of hydrogen-bond donors (Lipinski definition) is 1. The van der Waals surface area contributed by atoms with Crippen LogP contribution in [0, 0.1) is 0 Å². The molecular weight excluding hydrogens is 156 g/mol. The van der Waals surface area contributed by atoms with Crippen molar-refractivity contribution in [2.45, 2.75) is 20.0 Å². The lowest BCUT2D eigenvalue weighted by Gasteiger charge is -2.11. The number of carbonyl (C=O) groups excluding carboxylic acids is 1. The summed E-state index contributed by atoms with van der Waals surface area (Å²) in [4.78, 5) is 11.0. The lowest BCUT2D eigenvalue weighted by molar-refractivity contribution is 0.0977. The van der Waals surface area contributed by atoms with Gasteiger partial charge >= 0.3 is 0 Å². The molecule has 0 saturated carbocycles. The molecule has 4 heteroatoms. The van der Waals surface area contributed by atoms with Gasteiger partial charge in [-0.25, -0.2) is 0 Å². The molecule has 0 aromatic carbocycles. The predicted molar refractivity (Wildman–Crippen MR) is 42.0 cm³/mol. The van der Waals surface area contributed by atoms with Gasteiger partial charge in [-0.3, -0.25) is 9.89 Å². The van der Waals surface area contributed by atoms with Crippen LogP contribution >= 0.6 is 0 Å². The highest BCUT2D eigenvalue weighted by Gasteiger charge is 2.19. The second-order valence-electron chi connectivity index (χ2n) is 2.89. The Kier molecular flexibility index (Phi) is 1.69. The second-order valence-corrected chi connectivity index (χ2v) is 2.89. The summed E-state index contributed by atoms with van der Waals surface area (Å²) < 4.78 is 5.23. The van der Waals surface area contributed by atoms with Gasteiger partial charge < -0.3 is 4.74 Å². The van der Waals surface area contributed by atoms with Crippen molar-refractivity contribution in [1.29, 1.82) is 0 Å². The van der Waals surface area contributed by atoms with Crippen LogP contribution in [-0.4, -0.2) is 22.6 Å². The SMILES string of the molecule is CC(=O)c1n[nH]c2c1COCC2. The lowest BCUT2D eigenvalue weighted by Crippen LogP contribution is -2.10. The van der Waals surface area contributed by atoms with E-state index >= 15 is 0 Å². The topological polar surface area (TPSA) is 55.0 Å². The van der Waals surface area contributed by atoms with Gasteiger partial charge in [0.25, 0.3) is 0 Å². The number of Topliss-reactive ketones (excluding diaryl/α,β-unsaturated/α-hetero) is 1. The monoisotopic (exact) mass is 166 g/mol. The van der Waals surface area contributed by atoms with E-state index in [0.717, 1.165) is 17.7 Å². The molecule has 0 spiro atoms. The minimum Gasteiger partial charge on any atom is -0.376 e. The van der Waals surface area contributed by atoms with Crippen molar-refractivity contribution >= 4 is 5.78 Å². The normalized spacial score (nSPS) is 15.8. The average Bonchev–Trinajstić information content (AvgIpc) is 2.47. The molecule has 0 atom stereocenters. The van der Waals surface area contributed by atoms with Crippen LogP contribution in [0.1, 0.15) is 28.7 Å². The van der Waals surface area contributed by atoms with Crippen molar-refractivity contribution in [2.75, 3.05) is 6.61 Å². The van der Waals surface area contributed by atoms with Crippen molar-refractivity contribution in [3.05, 3.63) is 17.0 Å². The molecule has 4 nitrogen and oxygen atoms in total. The van der Waals surface area contributed by atoms with Gasteiger partial charge in [0.15, 0.2) is 5.78 Å². The molecule has 1 N–H and O–H groups in total. The zero-order valence-electron chi connectivity index (χ0n) is 6.89. The molecule has 0 fully saturated rings. The third kappa shape index (κ3) is 1.04. The largest absolute Gasteiger partial charge is 0.376 e. The molecule has 0 unspecified atom stereocenters. The number of ketones is 1. The van der Waals surface area contributed by atoms with Crippen LogP contribution in [0.5, 0.6) is 0 Å². The van der Waals surface area contributed by atoms with E-state index in [9.17, 15) is 4.79 Å². The first-order valence-corrected chi connectivity index (χ1v) is 3.94. The zero-order chi connectivity index (χ0) is 8.55. The Morgan fingerprint density at radius 2 is 2.50 bits per heavy atom. The van der Waals surface area contributed by atoms with E-state index in [1.807, 2.05) is 0 Å². The van der Waals surface area contributed by atoms with Crippen molar-refractivity contribution < 1.29 is 9.53 Å². The molecule has 2 rings (SSSR count). The number of ether oxygens (including phenoxy) is 1. The summed E-state index contributed by atoms with van der Waals surface area (Å²) in [7, 11) is 0. The van der Waals surface area contributed by atoms with Gasteiger partial charge in [0, 0.05) is 24.6 Å². The number of fused-ring (bicyclic) bond motifs is 1. The first-order chi connectivity index (χ1) is 5.79. The van der Waals surface area contributed by atoms with Gasteiger partial charge in [0.2, 0.25) is 0 Å². The van der Waals surface area contributed by atoms with Crippen LogP contribution in [0.25, 0.3) is 0 Å². The molecular formula is C8H10N2O2. The number of nitrogens with one attached hydrogen (secondary N) is 1. The summed E-state index contributed by atoms with van der Waals surface area (Å²) in [6.45, 7) is 2.75. The highest BCUT2D eigenvalue weighted by atomic mass is 16.5. The van der Waals surface area contributed by atoms with E-state index in [4.69, 9.17) is 4.74 Å². The van der Waals surface area contributed by atoms with E-state index < -0.39 is 0 Å². The fourth-order valence-corrected chi connectivity index (χ4v) is 1.40. The Labute approximate surface area is 69.9 Å². The zero-order valence-corrected chi connectivity index (χ0v) is 6.89. The van der Waals surface area contributed by atoms with Gasteiger partial charge in [-0.1, -0.05) is 0 Å². The van der Waals surface area contributed by atoms with Crippen molar-refractivity contribution in [3.63, 3.8) is 0 Å². The van der Waals surface area contributed by atoms with Crippen LogP contribution in [0.2, 0.25) is 0 Å². The number of H-pyrrole nitrogens is 1. The smallest absolute Gasteiger partial charge is 0.180 e. The number of nitrogens with zero attached hydrogens (tertiary/aromatic N) is 1. The Bertz CT molecular complexity index is 317. The predicted octanol–water partition coefficient (Wildman–Crippen LogP) is 0.685. The lowest BCUT2D eigenvalue weighted by atomic mass is 10.1. The van der Waals surface area contributed by atoms with E-state index in [1.165, 1.54) is 6.92 Å². The number of aromatic nitrogens is 2. The first kappa shape index (κ1) is 7.49. The van der Waals surface area contributed by atoms with Crippen molar-refractivity contribution in [1.82, 2.24) is 10.2 Å².